The maximum absolute atomic E-state index is 8.42. The van der Waals surface area contributed by atoms with E-state index < -0.39 is 7.32 Å². The van der Waals surface area contributed by atoms with Gasteiger partial charge in [-0.1, -0.05) is 0 Å². The van der Waals surface area contributed by atoms with E-state index in [4.69, 9.17) is 15.1 Å². The molecule has 0 aromatic heterocycles. The summed E-state index contributed by atoms with van der Waals surface area (Å²) in [6.07, 6.45) is 0. The Morgan fingerprint density at radius 1 is 1.00 bits per heavy atom. The summed E-state index contributed by atoms with van der Waals surface area (Å²) in [7, 11) is -2.92. The van der Waals surface area contributed by atoms with E-state index in [1.165, 1.54) is 0 Å². The van der Waals surface area contributed by atoms with Crippen molar-refractivity contribution in [1.82, 2.24) is 0 Å². The molecule has 0 aromatic rings. The van der Waals surface area contributed by atoms with Gasteiger partial charge in [0.1, 0.15) is 0 Å². The van der Waals surface area contributed by atoms with Gasteiger partial charge in [-0.3, -0.25) is 7.32 Å². The van der Waals surface area contributed by atoms with Gasteiger partial charge in [-0.2, -0.15) is 0 Å². The molecule has 0 spiro atoms. The molecule has 0 saturated carbocycles. The van der Waals surface area contributed by atoms with Crippen LogP contribution >= 0.6 is 0 Å². The van der Waals surface area contributed by atoms with E-state index >= 15 is 0 Å². The molecule has 0 aliphatic rings. The summed E-state index contributed by atoms with van der Waals surface area (Å²) in [6, 6.07) is 0. The smallest absolute Gasteiger partial charge is 0.907 e. The van der Waals surface area contributed by atoms with Crippen LogP contribution < -0.4 is 15.1 Å². The molecule has 0 fully saturated rings. The first kappa shape index (κ1) is 15.7. The summed E-state index contributed by atoms with van der Waals surface area (Å²) in [5, 5.41) is 25.2. The number of rotatable bonds is 0. The minimum Gasteiger partial charge on any atom is -0.907 e. The Balaban J connectivity index is -0.0000000450. The monoisotopic (exact) mass is 234 g/mol. The first-order valence-corrected chi connectivity index (χ1v) is 0.707. The average molecular weight is 234 g/mol. The summed E-state index contributed by atoms with van der Waals surface area (Å²) >= 11 is 0. The first-order valence-electron chi connectivity index (χ1n) is 0.707. The minimum atomic E-state index is -2.92. The van der Waals surface area contributed by atoms with Crippen LogP contribution in [0.3, 0.4) is 0 Å². The van der Waals surface area contributed by atoms with Gasteiger partial charge in [-0.05, 0) is 0 Å². The summed E-state index contributed by atoms with van der Waals surface area (Å²) < 4.78 is 0. The standard InChI is InChI=1S/BO3.Ba.ClH2/c2-1(3)4;;/h;;1H2/q-3;+2;+1. The van der Waals surface area contributed by atoms with Crippen molar-refractivity contribution in [2.75, 3.05) is 0 Å². The van der Waals surface area contributed by atoms with Crippen molar-refractivity contribution >= 4 is 56.2 Å². The van der Waals surface area contributed by atoms with Gasteiger partial charge >= 0.3 is 48.9 Å². The normalized spacial score (nSPS) is 4.50. The van der Waals surface area contributed by atoms with Crippen molar-refractivity contribution in [3.05, 3.63) is 0 Å². The number of hydrogen-bond donors (Lipinski definition) is 0. The van der Waals surface area contributed by atoms with Crippen LogP contribution in [0.4, 0.5) is 0 Å². The third kappa shape index (κ3) is 41.1. The predicted octanol–water partition coefficient (Wildman–Crippen LogP) is -4.86. The zero-order valence-electron chi connectivity index (χ0n) is 2.96. The topological polar surface area (TPSA) is 69.2 Å². The van der Waals surface area contributed by atoms with Crippen LogP contribution in [-0.2, 0) is 0 Å². The van der Waals surface area contributed by atoms with Gasteiger partial charge in [-0.25, -0.2) is 0 Å². The Kier molecular flexibility index (Phi) is 25.9. The van der Waals surface area contributed by atoms with E-state index in [1.807, 2.05) is 0 Å². The fraction of sp³-hybridized carbons (Fsp3) is 0. The Bertz CT molecular complexity index is 15.5. The molecule has 0 atom stereocenters. The maximum atomic E-state index is 8.42. The summed E-state index contributed by atoms with van der Waals surface area (Å²) in [6.45, 7) is 0. The maximum Gasteiger partial charge on any atom is 2.00 e. The molecule has 32 valence electrons. The molecule has 3 nitrogen and oxygen atoms in total. The second-order valence-corrected chi connectivity index (χ2v) is 0.289. The molecule has 0 unspecified atom stereocenters. The third-order valence-corrected chi connectivity index (χ3v) is 0. The third-order valence-electron chi connectivity index (χ3n) is 0. The molecule has 0 aromatic carbocycles. The average Bonchev–Trinajstić information content (AvgIpc) is 0.811. The SMILES string of the molecule is [Ba+2].[ClH2+].[O-]B([O-])[O-]. The van der Waals surface area contributed by atoms with Crippen LogP contribution in [0.5, 0.6) is 0 Å². The molecule has 0 rings (SSSR count). The van der Waals surface area contributed by atoms with Crippen molar-refractivity contribution < 1.29 is 27.5 Å². The molecular weight excluding hydrogens is 232 g/mol. The molecule has 0 heterocycles. The van der Waals surface area contributed by atoms with Crippen molar-refractivity contribution in [2.24, 2.45) is 0 Å². The fourth-order valence-electron chi connectivity index (χ4n) is 0. The van der Waals surface area contributed by atoms with Gasteiger partial charge < -0.3 is 15.1 Å². The Labute approximate surface area is 82.4 Å². The molecule has 0 bridgehead atoms. The molecule has 0 aliphatic heterocycles. The largest absolute Gasteiger partial charge is 2.00 e. The van der Waals surface area contributed by atoms with Crippen LogP contribution in [0, 0.1) is 12.4 Å². The minimum absolute atomic E-state index is 0. The molecule has 0 saturated heterocycles. The van der Waals surface area contributed by atoms with E-state index in [1.54, 1.807) is 0 Å². The Morgan fingerprint density at radius 2 is 1.00 bits per heavy atom. The molecular formula is H2BBaClO3. The summed E-state index contributed by atoms with van der Waals surface area (Å²) in [5.41, 5.74) is 0. The van der Waals surface area contributed by atoms with Gasteiger partial charge in [0.05, 0.1) is 12.4 Å². The second kappa shape index (κ2) is 9.93. The summed E-state index contributed by atoms with van der Waals surface area (Å²) in [5.74, 6) is 0. The van der Waals surface area contributed by atoms with Crippen LogP contribution in [0.25, 0.3) is 0 Å². The van der Waals surface area contributed by atoms with Crippen molar-refractivity contribution in [1.29, 1.82) is 0 Å². The van der Waals surface area contributed by atoms with Gasteiger partial charge in [0.15, 0.2) is 0 Å². The van der Waals surface area contributed by atoms with Crippen LogP contribution in [0.15, 0.2) is 0 Å². The van der Waals surface area contributed by atoms with E-state index in [-0.39, 0.29) is 61.3 Å². The fourth-order valence-corrected chi connectivity index (χ4v) is 0. The molecule has 0 aliphatic carbocycles. The molecule has 6 heavy (non-hydrogen) atoms. The van der Waals surface area contributed by atoms with Crippen molar-refractivity contribution in [3.63, 3.8) is 0 Å². The number of halogens is 1. The zero-order chi connectivity index (χ0) is 3.58. The molecule has 0 N–H and O–H groups in total. The van der Waals surface area contributed by atoms with Crippen molar-refractivity contribution in [2.45, 2.75) is 0 Å². The van der Waals surface area contributed by atoms with Gasteiger partial charge in [0, 0.05) is 0 Å². The molecule has 0 amide bonds. The van der Waals surface area contributed by atoms with Crippen LogP contribution in [-0.4, -0.2) is 56.2 Å². The zero-order valence-corrected chi connectivity index (χ0v) is 8.29. The predicted molar refractivity (Wildman–Crippen MR) is 14.3 cm³/mol. The Morgan fingerprint density at radius 3 is 1.00 bits per heavy atom. The van der Waals surface area contributed by atoms with Gasteiger partial charge in [0.2, 0.25) is 0 Å². The first-order chi connectivity index (χ1) is 1.73. The number of hydrogen-bond acceptors (Lipinski definition) is 3. The second-order valence-electron chi connectivity index (χ2n) is 0.289. The van der Waals surface area contributed by atoms with Crippen LogP contribution in [0.1, 0.15) is 0 Å². The summed E-state index contributed by atoms with van der Waals surface area (Å²) in [4.78, 5) is 0. The van der Waals surface area contributed by atoms with E-state index in [0.29, 0.717) is 0 Å². The Hall–Kier alpha value is 1.81. The molecule has 0 radical (unpaired) electrons. The van der Waals surface area contributed by atoms with Gasteiger partial charge in [-0.15, -0.1) is 0 Å². The quantitative estimate of drug-likeness (QED) is 0.394. The van der Waals surface area contributed by atoms with E-state index in [0.717, 1.165) is 0 Å². The van der Waals surface area contributed by atoms with E-state index in [2.05, 4.69) is 0 Å². The van der Waals surface area contributed by atoms with Crippen LogP contribution in [0.2, 0.25) is 0 Å². The van der Waals surface area contributed by atoms with Crippen molar-refractivity contribution in [3.8, 4) is 0 Å². The van der Waals surface area contributed by atoms with E-state index in [9.17, 15) is 0 Å². The van der Waals surface area contributed by atoms with Gasteiger partial charge in [0.25, 0.3) is 0 Å². The molecule has 6 heteroatoms.